The molecule has 0 bridgehead atoms. The molecule has 0 aliphatic carbocycles. The molecule has 1 atom stereocenters. The zero-order valence-electron chi connectivity index (χ0n) is 27.5. The number of hydrogen-bond donors (Lipinski definition) is 3. The number of rotatable bonds is 15. The van der Waals surface area contributed by atoms with Gasteiger partial charge < -0.3 is 34.9 Å². The molecule has 0 aliphatic rings. The van der Waals surface area contributed by atoms with Crippen LogP contribution in [0.15, 0.2) is 102 Å². The second kappa shape index (κ2) is 17.5. The van der Waals surface area contributed by atoms with Crippen molar-refractivity contribution in [3.63, 3.8) is 0 Å². The van der Waals surface area contributed by atoms with Crippen LogP contribution in [0.5, 0.6) is 23.0 Å². The SMILES string of the molecule is CCOc1ccc(NC(=O)C(CC)Sc2cccc(NC(=O)/C(=C\c3cc(OC)c(OC)cc3OC)NC(=O)c3ccccc3)c2)cc1. The van der Waals surface area contributed by atoms with E-state index in [-0.39, 0.29) is 16.9 Å². The largest absolute Gasteiger partial charge is 0.496 e. The molecular weight excluding hydrogens is 630 g/mol. The molecule has 0 aromatic heterocycles. The van der Waals surface area contributed by atoms with Crippen LogP contribution >= 0.6 is 11.8 Å². The van der Waals surface area contributed by atoms with E-state index in [0.29, 0.717) is 52.8 Å². The third-order valence-corrected chi connectivity index (χ3v) is 8.39. The molecule has 4 aromatic rings. The number of amides is 3. The molecule has 0 spiro atoms. The Morgan fingerprint density at radius 2 is 1.44 bits per heavy atom. The van der Waals surface area contributed by atoms with Crippen molar-refractivity contribution in [3.8, 4) is 23.0 Å². The number of anilines is 2. The summed E-state index contributed by atoms with van der Waals surface area (Å²) in [5, 5.41) is 8.20. The normalized spacial score (nSPS) is 11.6. The number of benzene rings is 4. The predicted octanol–water partition coefficient (Wildman–Crippen LogP) is 7.03. The fourth-order valence-corrected chi connectivity index (χ4v) is 5.63. The number of nitrogens with one attached hydrogen (secondary N) is 3. The van der Waals surface area contributed by atoms with Crippen molar-refractivity contribution in [2.24, 2.45) is 0 Å². The number of ether oxygens (including phenoxy) is 4. The van der Waals surface area contributed by atoms with Crippen LogP contribution in [0.4, 0.5) is 11.4 Å². The number of carbonyl (C=O) groups excluding carboxylic acids is 3. The molecule has 48 heavy (non-hydrogen) atoms. The lowest BCUT2D eigenvalue weighted by Crippen LogP contribution is -2.30. The Morgan fingerprint density at radius 3 is 2.08 bits per heavy atom. The highest BCUT2D eigenvalue weighted by molar-refractivity contribution is 8.00. The fourth-order valence-electron chi connectivity index (χ4n) is 4.62. The number of thioether (sulfide) groups is 1. The maximum Gasteiger partial charge on any atom is 0.272 e. The molecule has 3 amide bonds. The second-order valence-corrected chi connectivity index (χ2v) is 11.5. The lowest BCUT2D eigenvalue weighted by Gasteiger charge is -2.16. The standard InChI is InChI=1S/C37H39N3O7S/c1-6-34(37(43)38-26-16-18-28(19-17-26)47-7-2)48-29-15-11-14-27(22-29)39-36(42)30(40-35(41)24-12-9-8-10-13-24)20-25-21-32(45-4)33(46-5)23-31(25)44-3/h8-23,34H,6-7H2,1-5H3,(H,38,43)(H,39,42)(H,40,41)/b30-20+. The van der Waals surface area contributed by atoms with Crippen molar-refractivity contribution >= 4 is 46.9 Å². The van der Waals surface area contributed by atoms with Gasteiger partial charge >= 0.3 is 0 Å². The van der Waals surface area contributed by atoms with Gasteiger partial charge in [-0.3, -0.25) is 14.4 Å². The van der Waals surface area contributed by atoms with Crippen molar-refractivity contribution < 1.29 is 33.3 Å². The van der Waals surface area contributed by atoms with Gasteiger partial charge in [-0.05, 0) is 80.1 Å². The molecule has 0 radical (unpaired) electrons. The molecule has 4 aromatic carbocycles. The van der Waals surface area contributed by atoms with Gasteiger partial charge in [0.1, 0.15) is 17.2 Å². The Bertz CT molecular complexity index is 1740. The van der Waals surface area contributed by atoms with E-state index in [4.69, 9.17) is 18.9 Å². The van der Waals surface area contributed by atoms with Crippen LogP contribution in [0, 0.1) is 0 Å². The van der Waals surface area contributed by atoms with E-state index < -0.39 is 11.8 Å². The van der Waals surface area contributed by atoms with Crippen LogP contribution in [0.1, 0.15) is 36.2 Å². The fraction of sp³-hybridized carbons (Fsp3) is 0.216. The second-order valence-electron chi connectivity index (χ2n) is 10.3. The summed E-state index contributed by atoms with van der Waals surface area (Å²) in [6.45, 7) is 4.42. The molecule has 0 heterocycles. The van der Waals surface area contributed by atoms with Gasteiger partial charge in [0.2, 0.25) is 5.91 Å². The number of carbonyl (C=O) groups is 3. The molecular formula is C37H39N3O7S. The minimum absolute atomic E-state index is 0.0337. The summed E-state index contributed by atoms with van der Waals surface area (Å²) in [6, 6.07) is 26.3. The summed E-state index contributed by atoms with van der Waals surface area (Å²) >= 11 is 1.39. The minimum atomic E-state index is -0.571. The maximum absolute atomic E-state index is 13.8. The lowest BCUT2D eigenvalue weighted by molar-refractivity contribution is -0.116. The third kappa shape index (κ3) is 9.55. The molecule has 10 nitrogen and oxygen atoms in total. The molecule has 3 N–H and O–H groups in total. The zero-order valence-corrected chi connectivity index (χ0v) is 28.3. The van der Waals surface area contributed by atoms with Crippen molar-refractivity contribution in [1.82, 2.24) is 5.32 Å². The van der Waals surface area contributed by atoms with Crippen LogP contribution in [-0.2, 0) is 9.59 Å². The number of methoxy groups -OCH3 is 3. The summed E-state index contributed by atoms with van der Waals surface area (Å²) in [7, 11) is 4.50. The molecule has 0 aliphatic heterocycles. The molecule has 1 unspecified atom stereocenters. The molecule has 0 fully saturated rings. The van der Waals surface area contributed by atoms with E-state index in [0.717, 1.165) is 10.6 Å². The molecule has 4 rings (SSSR count). The Morgan fingerprint density at radius 1 is 0.750 bits per heavy atom. The average Bonchev–Trinajstić information content (AvgIpc) is 3.11. The van der Waals surface area contributed by atoms with E-state index >= 15 is 0 Å². The zero-order chi connectivity index (χ0) is 34.5. The van der Waals surface area contributed by atoms with Crippen molar-refractivity contribution in [2.45, 2.75) is 30.4 Å². The van der Waals surface area contributed by atoms with Crippen LogP contribution < -0.4 is 34.9 Å². The summed E-state index contributed by atoms with van der Waals surface area (Å²) < 4.78 is 21.9. The Labute approximate surface area is 284 Å². The summed E-state index contributed by atoms with van der Waals surface area (Å²) in [6.07, 6.45) is 2.09. The Balaban J connectivity index is 1.56. The van der Waals surface area contributed by atoms with Crippen molar-refractivity contribution in [1.29, 1.82) is 0 Å². The molecule has 0 saturated heterocycles. The topological polar surface area (TPSA) is 124 Å². The highest BCUT2D eigenvalue weighted by atomic mass is 32.2. The van der Waals surface area contributed by atoms with Gasteiger partial charge in [0.25, 0.3) is 11.8 Å². The average molecular weight is 670 g/mol. The highest BCUT2D eigenvalue weighted by Crippen LogP contribution is 2.36. The highest BCUT2D eigenvalue weighted by Gasteiger charge is 2.20. The smallest absolute Gasteiger partial charge is 0.272 e. The monoisotopic (exact) mass is 669 g/mol. The first-order chi connectivity index (χ1) is 23.3. The van der Waals surface area contributed by atoms with Crippen molar-refractivity contribution in [3.05, 3.63) is 108 Å². The first kappa shape index (κ1) is 35.4. The van der Waals surface area contributed by atoms with Crippen molar-refractivity contribution in [2.75, 3.05) is 38.6 Å². The summed E-state index contributed by atoms with van der Waals surface area (Å²) in [5.74, 6) is 0.817. The lowest BCUT2D eigenvalue weighted by atomic mass is 10.1. The van der Waals surface area contributed by atoms with Crippen LogP contribution in [0.3, 0.4) is 0 Å². The van der Waals surface area contributed by atoms with Gasteiger partial charge in [-0.1, -0.05) is 31.2 Å². The number of hydrogen-bond acceptors (Lipinski definition) is 8. The Hall–Kier alpha value is -5.42. The van der Waals surface area contributed by atoms with Gasteiger partial charge in [-0.2, -0.15) is 0 Å². The van der Waals surface area contributed by atoms with Crippen LogP contribution in [0.2, 0.25) is 0 Å². The van der Waals surface area contributed by atoms with Gasteiger partial charge in [-0.25, -0.2) is 0 Å². The van der Waals surface area contributed by atoms with Gasteiger partial charge in [0.05, 0.1) is 33.2 Å². The van der Waals surface area contributed by atoms with E-state index in [1.807, 2.05) is 32.0 Å². The molecule has 11 heteroatoms. The summed E-state index contributed by atoms with van der Waals surface area (Å²) in [5.41, 5.74) is 1.97. The molecule has 250 valence electrons. The van der Waals surface area contributed by atoms with E-state index in [9.17, 15) is 14.4 Å². The van der Waals surface area contributed by atoms with Crippen LogP contribution in [0.25, 0.3) is 6.08 Å². The van der Waals surface area contributed by atoms with E-state index in [1.54, 1.807) is 72.8 Å². The van der Waals surface area contributed by atoms with E-state index in [2.05, 4.69) is 16.0 Å². The third-order valence-electron chi connectivity index (χ3n) is 7.03. The van der Waals surface area contributed by atoms with Gasteiger partial charge in [0, 0.05) is 33.5 Å². The van der Waals surface area contributed by atoms with Crippen LogP contribution in [-0.4, -0.2) is 50.9 Å². The molecule has 0 saturated carbocycles. The van der Waals surface area contributed by atoms with Gasteiger partial charge in [-0.15, -0.1) is 11.8 Å². The van der Waals surface area contributed by atoms with E-state index in [1.165, 1.54) is 39.2 Å². The quantitative estimate of drug-likeness (QED) is 0.0911. The maximum atomic E-state index is 13.8. The van der Waals surface area contributed by atoms with Gasteiger partial charge in [0.15, 0.2) is 11.5 Å². The minimum Gasteiger partial charge on any atom is -0.496 e. The Kier molecular flexibility index (Phi) is 12.9. The predicted molar refractivity (Wildman–Crippen MR) is 189 cm³/mol. The summed E-state index contributed by atoms with van der Waals surface area (Å²) in [4.78, 5) is 40.8. The first-order valence-electron chi connectivity index (χ1n) is 15.3. The first-order valence-corrected chi connectivity index (χ1v) is 16.2.